The van der Waals surface area contributed by atoms with Crippen LogP contribution in [-0.2, 0) is 11.2 Å². The molecule has 5 heteroatoms. The smallest absolute Gasteiger partial charge is 0.307 e. The zero-order chi connectivity index (χ0) is 13.3. The van der Waals surface area contributed by atoms with E-state index in [0.717, 1.165) is 0 Å². The summed E-state index contributed by atoms with van der Waals surface area (Å²) in [6.45, 7) is 2.24. The van der Waals surface area contributed by atoms with Gasteiger partial charge in [-0.1, -0.05) is 19.1 Å². The van der Waals surface area contributed by atoms with Crippen molar-refractivity contribution in [1.82, 2.24) is 4.90 Å². The zero-order valence-electron chi connectivity index (χ0n) is 9.97. The second-order valence-electron chi connectivity index (χ2n) is 4.17. The summed E-state index contributed by atoms with van der Waals surface area (Å²) in [5.74, 6) is -1.73. The van der Waals surface area contributed by atoms with Gasteiger partial charge in [-0.15, -0.1) is 0 Å². The lowest BCUT2D eigenvalue weighted by Gasteiger charge is -2.11. The molecule has 1 N–H and O–H groups in total. The molecule has 0 radical (unpaired) electrons. The zero-order valence-corrected chi connectivity index (χ0v) is 9.97. The average molecular weight is 247 g/mol. The Kier molecular flexibility index (Phi) is 3.14. The number of carboxylic acid groups (broad SMARTS) is 1. The van der Waals surface area contributed by atoms with Crippen molar-refractivity contribution in [2.45, 2.75) is 19.8 Å². The van der Waals surface area contributed by atoms with Crippen LogP contribution in [0.15, 0.2) is 18.2 Å². The summed E-state index contributed by atoms with van der Waals surface area (Å²) < 4.78 is 0. The number of carboxylic acids is 1. The molecule has 0 saturated carbocycles. The number of carbonyl (C=O) groups is 3. The van der Waals surface area contributed by atoms with Crippen LogP contribution in [0.1, 0.15) is 39.6 Å². The molecule has 0 unspecified atom stereocenters. The van der Waals surface area contributed by atoms with E-state index in [0.29, 0.717) is 24.1 Å². The number of imide groups is 1. The largest absolute Gasteiger partial charge is 0.481 e. The second-order valence-corrected chi connectivity index (χ2v) is 4.17. The molecule has 0 bridgehead atoms. The van der Waals surface area contributed by atoms with Gasteiger partial charge in [-0.25, -0.2) is 0 Å². The number of hydrogen-bond donors (Lipinski definition) is 1. The maximum atomic E-state index is 12.1. The summed E-state index contributed by atoms with van der Waals surface area (Å²) in [5, 5.41) is 8.81. The monoisotopic (exact) mass is 247 g/mol. The fraction of sp³-hybridized carbons (Fsp3) is 0.308. The molecule has 0 spiro atoms. The summed E-state index contributed by atoms with van der Waals surface area (Å²) >= 11 is 0. The van der Waals surface area contributed by atoms with E-state index in [1.165, 1.54) is 4.90 Å². The maximum Gasteiger partial charge on any atom is 0.307 e. The van der Waals surface area contributed by atoms with Crippen molar-refractivity contribution >= 4 is 17.8 Å². The number of fused-ring (bicyclic) bond motifs is 1. The predicted molar refractivity (Wildman–Crippen MR) is 63.4 cm³/mol. The Labute approximate surface area is 104 Å². The maximum absolute atomic E-state index is 12.1. The number of carbonyl (C=O) groups excluding carboxylic acids is 2. The second kappa shape index (κ2) is 4.60. The highest BCUT2D eigenvalue weighted by molar-refractivity contribution is 6.22. The Morgan fingerprint density at radius 2 is 2.00 bits per heavy atom. The van der Waals surface area contributed by atoms with Gasteiger partial charge in [0.2, 0.25) is 0 Å². The van der Waals surface area contributed by atoms with Crippen LogP contribution in [-0.4, -0.2) is 34.3 Å². The van der Waals surface area contributed by atoms with Crippen molar-refractivity contribution in [3.8, 4) is 0 Å². The van der Waals surface area contributed by atoms with E-state index in [9.17, 15) is 14.4 Å². The minimum absolute atomic E-state index is 0.248. The molecule has 1 aromatic rings. The fourth-order valence-electron chi connectivity index (χ4n) is 2.14. The minimum atomic E-state index is -1.02. The standard InChI is InChI=1S/C13H13NO4/c1-2-6-14-12(17)9-5-3-4-8(7-10(15)16)11(9)13(14)18/h3-5H,2,6-7H2,1H3,(H,15,16). The molecule has 2 rings (SSSR count). The van der Waals surface area contributed by atoms with Crippen LogP contribution in [0.5, 0.6) is 0 Å². The molecule has 0 saturated heterocycles. The first-order valence-electron chi connectivity index (χ1n) is 5.76. The topological polar surface area (TPSA) is 74.7 Å². The molecule has 0 aliphatic carbocycles. The Bertz CT molecular complexity index is 536. The van der Waals surface area contributed by atoms with Gasteiger partial charge in [0.15, 0.2) is 0 Å². The molecule has 1 aromatic carbocycles. The summed E-state index contributed by atoms with van der Waals surface area (Å²) in [6.07, 6.45) is 0.432. The van der Waals surface area contributed by atoms with Gasteiger partial charge in [0.25, 0.3) is 11.8 Å². The summed E-state index contributed by atoms with van der Waals surface area (Å²) in [7, 11) is 0. The predicted octanol–water partition coefficient (Wildman–Crippen LogP) is 1.32. The number of benzene rings is 1. The van der Waals surface area contributed by atoms with E-state index >= 15 is 0 Å². The van der Waals surface area contributed by atoms with Gasteiger partial charge in [-0.05, 0) is 18.1 Å². The quantitative estimate of drug-likeness (QED) is 0.814. The van der Waals surface area contributed by atoms with Crippen molar-refractivity contribution in [2.75, 3.05) is 6.54 Å². The number of hydrogen-bond acceptors (Lipinski definition) is 3. The van der Waals surface area contributed by atoms with Gasteiger partial charge in [0.05, 0.1) is 17.5 Å². The van der Waals surface area contributed by atoms with Gasteiger partial charge >= 0.3 is 5.97 Å². The Balaban J connectivity index is 2.47. The van der Waals surface area contributed by atoms with E-state index in [4.69, 9.17) is 5.11 Å². The Morgan fingerprint density at radius 1 is 1.28 bits per heavy atom. The lowest BCUT2D eigenvalue weighted by atomic mass is 10.0. The van der Waals surface area contributed by atoms with Crippen molar-refractivity contribution in [3.63, 3.8) is 0 Å². The van der Waals surface area contributed by atoms with Gasteiger partial charge in [-0.2, -0.15) is 0 Å². The normalized spacial score (nSPS) is 13.9. The average Bonchev–Trinajstić information content (AvgIpc) is 2.55. The van der Waals surface area contributed by atoms with Crippen molar-refractivity contribution < 1.29 is 19.5 Å². The summed E-state index contributed by atoms with van der Waals surface area (Å²) in [4.78, 5) is 36.0. The van der Waals surface area contributed by atoms with Gasteiger partial charge in [0, 0.05) is 6.54 Å². The number of rotatable bonds is 4. The summed E-state index contributed by atoms with van der Waals surface area (Å²) in [6, 6.07) is 4.75. The highest BCUT2D eigenvalue weighted by Gasteiger charge is 2.36. The molecule has 0 aromatic heterocycles. The third-order valence-corrected chi connectivity index (χ3v) is 2.87. The molecule has 1 heterocycles. The highest BCUT2D eigenvalue weighted by atomic mass is 16.4. The molecular weight excluding hydrogens is 234 g/mol. The van der Waals surface area contributed by atoms with Crippen LogP contribution in [0.25, 0.3) is 0 Å². The van der Waals surface area contributed by atoms with E-state index < -0.39 is 5.97 Å². The lowest BCUT2D eigenvalue weighted by Crippen LogP contribution is -2.30. The molecule has 0 fully saturated rings. The molecule has 1 aliphatic rings. The lowest BCUT2D eigenvalue weighted by molar-refractivity contribution is -0.136. The molecule has 5 nitrogen and oxygen atoms in total. The number of nitrogens with zero attached hydrogens (tertiary/aromatic N) is 1. The fourth-order valence-corrected chi connectivity index (χ4v) is 2.14. The van der Waals surface area contributed by atoms with Crippen molar-refractivity contribution in [1.29, 1.82) is 0 Å². The van der Waals surface area contributed by atoms with Crippen LogP contribution < -0.4 is 0 Å². The number of aliphatic carboxylic acids is 1. The Hall–Kier alpha value is -2.17. The third kappa shape index (κ3) is 1.88. The summed E-state index contributed by atoms with van der Waals surface area (Å²) in [5.41, 5.74) is 0.961. The number of amides is 2. The van der Waals surface area contributed by atoms with Gasteiger partial charge in [0.1, 0.15) is 0 Å². The van der Waals surface area contributed by atoms with Gasteiger partial charge in [-0.3, -0.25) is 19.3 Å². The molecule has 1 aliphatic heterocycles. The van der Waals surface area contributed by atoms with Crippen molar-refractivity contribution in [2.24, 2.45) is 0 Å². The van der Waals surface area contributed by atoms with Crippen LogP contribution in [0, 0.1) is 0 Å². The van der Waals surface area contributed by atoms with Crippen LogP contribution in [0.3, 0.4) is 0 Å². The minimum Gasteiger partial charge on any atom is -0.481 e. The van der Waals surface area contributed by atoms with E-state index in [-0.39, 0.29) is 23.8 Å². The van der Waals surface area contributed by atoms with Crippen LogP contribution in [0.2, 0.25) is 0 Å². The molecule has 94 valence electrons. The van der Waals surface area contributed by atoms with Crippen molar-refractivity contribution in [3.05, 3.63) is 34.9 Å². The van der Waals surface area contributed by atoms with E-state index in [1.807, 2.05) is 6.92 Å². The SMILES string of the molecule is CCCN1C(=O)c2cccc(CC(=O)O)c2C1=O. The third-order valence-electron chi connectivity index (χ3n) is 2.87. The van der Waals surface area contributed by atoms with Crippen LogP contribution in [0.4, 0.5) is 0 Å². The first-order chi connectivity index (χ1) is 8.56. The molecular formula is C13H13NO4. The highest BCUT2D eigenvalue weighted by Crippen LogP contribution is 2.26. The molecule has 0 atom stereocenters. The first-order valence-corrected chi connectivity index (χ1v) is 5.76. The van der Waals surface area contributed by atoms with E-state index in [2.05, 4.69) is 0 Å². The van der Waals surface area contributed by atoms with Gasteiger partial charge < -0.3 is 5.11 Å². The molecule has 18 heavy (non-hydrogen) atoms. The molecule has 2 amide bonds. The Morgan fingerprint density at radius 3 is 2.61 bits per heavy atom. The van der Waals surface area contributed by atoms with E-state index in [1.54, 1.807) is 18.2 Å². The van der Waals surface area contributed by atoms with Crippen LogP contribution >= 0.6 is 0 Å². The first kappa shape index (κ1) is 12.3.